The van der Waals surface area contributed by atoms with Crippen LogP contribution in [0.15, 0.2) is 12.1 Å². The van der Waals surface area contributed by atoms with Crippen molar-refractivity contribution in [1.29, 1.82) is 0 Å². The number of thiophene rings is 1. The first-order chi connectivity index (χ1) is 7.58. The summed E-state index contributed by atoms with van der Waals surface area (Å²) in [6.45, 7) is 7.36. The summed E-state index contributed by atoms with van der Waals surface area (Å²) in [5.41, 5.74) is 0. The monoisotopic (exact) mass is 253 g/mol. The van der Waals surface area contributed by atoms with Crippen LogP contribution in [-0.4, -0.2) is 14.8 Å². The van der Waals surface area contributed by atoms with Crippen LogP contribution in [0.5, 0.6) is 0 Å². The molecule has 0 fully saturated rings. The van der Waals surface area contributed by atoms with E-state index in [1.165, 1.54) is 9.75 Å². The SMILES string of the molecule is Cc1ccc(-c2n[nH]c(=S)n2CC(C)C)s1. The molecular weight excluding hydrogens is 238 g/mol. The van der Waals surface area contributed by atoms with E-state index in [1.54, 1.807) is 11.3 Å². The first kappa shape index (κ1) is 11.5. The van der Waals surface area contributed by atoms with Crippen molar-refractivity contribution >= 4 is 23.6 Å². The molecule has 2 aromatic rings. The zero-order valence-electron chi connectivity index (χ0n) is 9.65. The molecule has 0 amide bonds. The molecule has 0 aliphatic heterocycles. The van der Waals surface area contributed by atoms with Gasteiger partial charge in [-0.3, -0.25) is 9.67 Å². The van der Waals surface area contributed by atoms with Crippen LogP contribution < -0.4 is 0 Å². The summed E-state index contributed by atoms with van der Waals surface area (Å²) in [4.78, 5) is 2.46. The number of nitrogens with one attached hydrogen (secondary N) is 1. The summed E-state index contributed by atoms with van der Waals surface area (Å²) in [6, 6.07) is 4.21. The number of aromatic nitrogens is 3. The van der Waals surface area contributed by atoms with Gasteiger partial charge in [0, 0.05) is 11.4 Å². The van der Waals surface area contributed by atoms with Crippen molar-refractivity contribution in [2.45, 2.75) is 27.3 Å². The van der Waals surface area contributed by atoms with Gasteiger partial charge in [-0.15, -0.1) is 11.3 Å². The lowest BCUT2D eigenvalue weighted by Gasteiger charge is -2.07. The highest BCUT2D eigenvalue weighted by molar-refractivity contribution is 7.71. The molecule has 2 rings (SSSR count). The largest absolute Gasteiger partial charge is 0.299 e. The minimum absolute atomic E-state index is 0.559. The van der Waals surface area contributed by atoms with Gasteiger partial charge >= 0.3 is 0 Å². The molecule has 0 aliphatic carbocycles. The van der Waals surface area contributed by atoms with Gasteiger partial charge in [0.05, 0.1) is 4.88 Å². The Balaban J connectivity index is 2.45. The molecule has 0 aliphatic rings. The molecule has 0 saturated heterocycles. The fourth-order valence-electron chi connectivity index (χ4n) is 1.60. The highest BCUT2D eigenvalue weighted by Crippen LogP contribution is 2.26. The highest BCUT2D eigenvalue weighted by Gasteiger charge is 2.11. The zero-order valence-corrected chi connectivity index (χ0v) is 11.3. The molecule has 2 aromatic heterocycles. The average Bonchev–Trinajstić information content (AvgIpc) is 2.75. The Morgan fingerprint density at radius 1 is 1.50 bits per heavy atom. The lowest BCUT2D eigenvalue weighted by atomic mass is 10.2. The van der Waals surface area contributed by atoms with Crippen LogP contribution in [0, 0.1) is 17.6 Å². The lowest BCUT2D eigenvalue weighted by Crippen LogP contribution is -2.05. The number of hydrogen-bond acceptors (Lipinski definition) is 3. The van der Waals surface area contributed by atoms with E-state index in [-0.39, 0.29) is 0 Å². The minimum Gasteiger partial charge on any atom is -0.299 e. The third-order valence-electron chi connectivity index (χ3n) is 2.27. The Kier molecular flexibility index (Phi) is 3.25. The van der Waals surface area contributed by atoms with E-state index < -0.39 is 0 Å². The number of nitrogens with zero attached hydrogens (tertiary/aromatic N) is 2. The maximum absolute atomic E-state index is 5.25. The van der Waals surface area contributed by atoms with E-state index in [9.17, 15) is 0 Å². The fourth-order valence-corrected chi connectivity index (χ4v) is 2.67. The number of rotatable bonds is 3. The Labute approximate surface area is 104 Å². The molecule has 0 spiro atoms. The van der Waals surface area contributed by atoms with Gasteiger partial charge in [-0.05, 0) is 37.2 Å². The molecule has 5 heteroatoms. The number of hydrogen-bond donors (Lipinski definition) is 1. The van der Waals surface area contributed by atoms with E-state index in [1.807, 2.05) is 0 Å². The Bertz CT molecular complexity index is 533. The minimum atomic E-state index is 0.559. The van der Waals surface area contributed by atoms with Gasteiger partial charge in [0.25, 0.3) is 0 Å². The van der Waals surface area contributed by atoms with E-state index in [4.69, 9.17) is 12.2 Å². The molecule has 0 aromatic carbocycles. The third-order valence-corrected chi connectivity index (χ3v) is 3.58. The summed E-state index contributed by atoms with van der Waals surface area (Å²) in [5.74, 6) is 1.51. The molecule has 2 heterocycles. The van der Waals surface area contributed by atoms with E-state index in [0.717, 1.165) is 12.4 Å². The maximum atomic E-state index is 5.25. The van der Waals surface area contributed by atoms with Crippen LogP contribution in [0.3, 0.4) is 0 Å². The first-order valence-electron chi connectivity index (χ1n) is 5.30. The van der Waals surface area contributed by atoms with Crippen LogP contribution in [0.25, 0.3) is 10.7 Å². The van der Waals surface area contributed by atoms with Crippen molar-refractivity contribution in [3.63, 3.8) is 0 Å². The molecule has 0 atom stereocenters. The molecule has 0 unspecified atom stereocenters. The topological polar surface area (TPSA) is 33.6 Å². The Hall–Kier alpha value is -0.940. The van der Waals surface area contributed by atoms with Gasteiger partial charge in [-0.1, -0.05) is 13.8 Å². The molecule has 16 heavy (non-hydrogen) atoms. The first-order valence-corrected chi connectivity index (χ1v) is 6.52. The zero-order chi connectivity index (χ0) is 11.7. The summed E-state index contributed by atoms with van der Waals surface area (Å²) < 4.78 is 2.78. The summed E-state index contributed by atoms with van der Waals surface area (Å²) in [6.07, 6.45) is 0. The van der Waals surface area contributed by atoms with Crippen molar-refractivity contribution in [3.05, 3.63) is 21.8 Å². The van der Waals surface area contributed by atoms with Crippen molar-refractivity contribution in [2.75, 3.05) is 0 Å². The Morgan fingerprint density at radius 3 is 2.81 bits per heavy atom. The second-order valence-electron chi connectivity index (χ2n) is 4.27. The van der Waals surface area contributed by atoms with Crippen molar-refractivity contribution in [3.8, 4) is 10.7 Å². The highest BCUT2D eigenvalue weighted by atomic mass is 32.1. The number of aromatic amines is 1. The van der Waals surface area contributed by atoms with Gasteiger partial charge in [-0.2, -0.15) is 5.10 Å². The molecule has 1 N–H and O–H groups in total. The maximum Gasteiger partial charge on any atom is 0.195 e. The number of aryl methyl sites for hydroxylation is 1. The fraction of sp³-hybridized carbons (Fsp3) is 0.455. The molecule has 86 valence electrons. The van der Waals surface area contributed by atoms with E-state index >= 15 is 0 Å². The van der Waals surface area contributed by atoms with Crippen LogP contribution in [0.1, 0.15) is 18.7 Å². The Morgan fingerprint density at radius 2 is 2.25 bits per heavy atom. The third kappa shape index (κ3) is 2.25. The molecule has 0 bridgehead atoms. The van der Waals surface area contributed by atoms with Crippen molar-refractivity contribution in [1.82, 2.24) is 14.8 Å². The summed E-state index contributed by atoms with van der Waals surface area (Å²) in [5, 5.41) is 7.18. The van der Waals surface area contributed by atoms with Crippen molar-refractivity contribution < 1.29 is 0 Å². The normalized spacial score (nSPS) is 11.2. The second kappa shape index (κ2) is 4.51. The van der Waals surface area contributed by atoms with E-state index in [2.05, 4.69) is 47.7 Å². The summed E-state index contributed by atoms with van der Waals surface area (Å²) >= 11 is 6.99. The standard InChI is InChI=1S/C11H15N3S2/c1-7(2)6-14-10(12-13-11(14)15)9-5-4-8(3)16-9/h4-5,7H,6H2,1-3H3,(H,13,15). The van der Waals surface area contributed by atoms with Crippen molar-refractivity contribution in [2.24, 2.45) is 5.92 Å². The second-order valence-corrected chi connectivity index (χ2v) is 5.94. The van der Waals surface area contributed by atoms with Crippen LogP contribution >= 0.6 is 23.6 Å². The van der Waals surface area contributed by atoms with Gasteiger partial charge in [0.1, 0.15) is 0 Å². The molecular formula is C11H15N3S2. The molecule has 3 nitrogen and oxygen atoms in total. The van der Waals surface area contributed by atoms with Gasteiger partial charge in [0.15, 0.2) is 10.6 Å². The van der Waals surface area contributed by atoms with Crippen LogP contribution in [0.2, 0.25) is 0 Å². The average molecular weight is 253 g/mol. The van der Waals surface area contributed by atoms with Crippen LogP contribution in [-0.2, 0) is 6.54 Å². The smallest absolute Gasteiger partial charge is 0.195 e. The van der Waals surface area contributed by atoms with Crippen LogP contribution in [0.4, 0.5) is 0 Å². The lowest BCUT2D eigenvalue weighted by molar-refractivity contribution is 0.522. The summed E-state index contributed by atoms with van der Waals surface area (Å²) in [7, 11) is 0. The number of H-pyrrole nitrogens is 1. The molecule has 0 radical (unpaired) electrons. The van der Waals surface area contributed by atoms with Gasteiger partial charge < -0.3 is 0 Å². The van der Waals surface area contributed by atoms with E-state index in [0.29, 0.717) is 10.7 Å². The quantitative estimate of drug-likeness (QED) is 0.847. The predicted molar refractivity (Wildman–Crippen MR) is 70.3 cm³/mol. The molecule has 0 saturated carbocycles. The van der Waals surface area contributed by atoms with Gasteiger partial charge in [0.2, 0.25) is 0 Å². The predicted octanol–water partition coefficient (Wildman–Crippen LogP) is 3.63. The van der Waals surface area contributed by atoms with Gasteiger partial charge in [-0.25, -0.2) is 0 Å².